The van der Waals surface area contributed by atoms with Gasteiger partial charge in [0.15, 0.2) is 0 Å². The molecule has 0 radical (unpaired) electrons. The van der Waals surface area contributed by atoms with Crippen LogP contribution in [0.3, 0.4) is 0 Å². The van der Waals surface area contributed by atoms with Crippen molar-refractivity contribution in [3.63, 3.8) is 0 Å². The van der Waals surface area contributed by atoms with Gasteiger partial charge in [0.1, 0.15) is 5.75 Å². The summed E-state index contributed by atoms with van der Waals surface area (Å²) in [5.41, 5.74) is 4.68. The number of anilines is 1. The van der Waals surface area contributed by atoms with E-state index in [1.54, 1.807) is 7.11 Å². The van der Waals surface area contributed by atoms with Crippen molar-refractivity contribution in [1.82, 2.24) is 15.1 Å². The second-order valence-corrected chi connectivity index (χ2v) is 8.40. The molecule has 0 N–H and O–H groups in total. The van der Waals surface area contributed by atoms with Gasteiger partial charge in [0.05, 0.1) is 12.9 Å². The maximum absolute atomic E-state index is 12.7. The molecule has 162 valence electrons. The Kier molecular flexibility index (Phi) is 6.46. The molecule has 2 heterocycles. The Hall–Kier alpha value is -3.00. The van der Waals surface area contributed by atoms with Crippen LogP contribution >= 0.6 is 11.8 Å². The maximum Gasteiger partial charge on any atom is 0.277 e. The number of nitrogens with zero attached hydrogens (tertiary/aromatic N) is 4. The van der Waals surface area contributed by atoms with Crippen LogP contribution in [-0.2, 0) is 4.79 Å². The Morgan fingerprint density at radius 2 is 1.81 bits per heavy atom. The summed E-state index contributed by atoms with van der Waals surface area (Å²) in [4.78, 5) is 16.9. The summed E-state index contributed by atoms with van der Waals surface area (Å²) in [5.74, 6) is 1.57. The Balaban J connectivity index is 1.29. The second kappa shape index (κ2) is 9.43. The molecule has 4 rings (SSSR count). The van der Waals surface area contributed by atoms with Crippen LogP contribution in [0.2, 0.25) is 0 Å². The second-order valence-electron chi connectivity index (χ2n) is 7.48. The van der Waals surface area contributed by atoms with Crippen molar-refractivity contribution in [3.05, 3.63) is 53.6 Å². The SMILES string of the molecule is COc1ccc(-c2nnc(SCC(=O)N3CCN(c4cccc(C)c4C)CC3)o2)cc1. The number of methoxy groups -OCH3 is 1. The number of carbonyl (C=O) groups excluding carboxylic acids is 1. The van der Waals surface area contributed by atoms with Crippen molar-refractivity contribution >= 4 is 23.4 Å². The molecule has 2 aromatic carbocycles. The number of thioether (sulfide) groups is 1. The number of piperazine rings is 1. The highest BCUT2D eigenvalue weighted by atomic mass is 32.2. The summed E-state index contributed by atoms with van der Waals surface area (Å²) in [6, 6.07) is 13.8. The lowest BCUT2D eigenvalue weighted by atomic mass is 10.1. The van der Waals surface area contributed by atoms with Crippen LogP contribution in [0, 0.1) is 13.8 Å². The van der Waals surface area contributed by atoms with Gasteiger partial charge in [0.25, 0.3) is 5.22 Å². The average molecular weight is 439 g/mol. The molecule has 1 aromatic heterocycles. The summed E-state index contributed by atoms with van der Waals surface area (Å²) in [6.07, 6.45) is 0. The lowest BCUT2D eigenvalue weighted by Crippen LogP contribution is -2.49. The van der Waals surface area contributed by atoms with E-state index >= 15 is 0 Å². The molecule has 1 fully saturated rings. The standard InChI is InChI=1S/C23H26N4O3S/c1-16-5-4-6-20(17(16)2)26-11-13-27(14-12-26)21(28)15-31-23-25-24-22(30-23)18-7-9-19(29-3)10-8-18/h4-10H,11-15H2,1-3H3. The zero-order chi connectivity index (χ0) is 21.8. The van der Waals surface area contributed by atoms with Crippen LogP contribution in [-0.4, -0.2) is 60.0 Å². The zero-order valence-electron chi connectivity index (χ0n) is 18.0. The fourth-order valence-electron chi connectivity index (χ4n) is 3.61. The van der Waals surface area contributed by atoms with Crippen molar-refractivity contribution in [2.45, 2.75) is 19.1 Å². The predicted octanol–water partition coefficient (Wildman–Crippen LogP) is 3.80. The minimum Gasteiger partial charge on any atom is -0.497 e. The van der Waals surface area contributed by atoms with Crippen LogP contribution in [0.4, 0.5) is 5.69 Å². The third kappa shape index (κ3) is 4.85. The number of aryl methyl sites for hydroxylation is 1. The van der Waals surface area contributed by atoms with Gasteiger partial charge in [-0.3, -0.25) is 4.79 Å². The van der Waals surface area contributed by atoms with Crippen molar-refractivity contribution < 1.29 is 13.9 Å². The molecule has 1 saturated heterocycles. The van der Waals surface area contributed by atoms with Gasteiger partial charge in [-0.25, -0.2) is 0 Å². The predicted molar refractivity (Wildman–Crippen MR) is 122 cm³/mol. The smallest absolute Gasteiger partial charge is 0.277 e. The molecule has 1 aliphatic heterocycles. The Labute approximate surface area is 186 Å². The molecule has 1 aliphatic rings. The van der Waals surface area contributed by atoms with Crippen LogP contribution in [0.1, 0.15) is 11.1 Å². The molecule has 31 heavy (non-hydrogen) atoms. The fraction of sp³-hybridized carbons (Fsp3) is 0.348. The van der Waals surface area contributed by atoms with Crippen LogP contribution < -0.4 is 9.64 Å². The molecule has 0 unspecified atom stereocenters. The van der Waals surface area contributed by atoms with E-state index in [1.807, 2.05) is 29.2 Å². The third-order valence-electron chi connectivity index (χ3n) is 5.61. The number of aromatic nitrogens is 2. The summed E-state index contributed by atoms with van der Waals surface area (Å²) in [6.45, 7) is 7.39. The quantitative estimate of drug-likeness (QED) is 0.542. The van der Waals surface area contributed by atoms with Gasteiger partial charge in [0, 0.05) is 37.4 Å². The van der Waals surface area contributed by atoms with Crippen LogP contribution in [0.25, 0.3) is 11.5 Å². The van der Waals surface area contributed by atoms with E-state index < -0.39 is 0 Å². The van der Waals surface area contributed by atoms with Crippen LogP contribution in [0.5, 0.6) is 5.75 Å². The van der Waals surface area contributed by atoms with Crippen molar-refractivity contribution in [3.8, 4) is 17.2 Å². The molecule has 1 amide bonds. The van der Waals surface area contributed by atoms with Crippen molar-refractivity contribution in [2.75, 3.05) is 43.9 Å². The van der Waals surface area contributed by atoms with Gasteiger partial charge in [0.2, 0.25) is 11.8 Å². The number of benzene rings is 2. The third-order valence-corrected chi connectivity index (χ3v) is 6.41. The lowest BCUT2D eigenvalue weighted by Gasteiger charge is -2.37. The molecule has 0 spiro atoms. The number of amides is 1. The van der Waals surface area contributed by atoms with Gasteiger partial charge in [-0.15, -0.1) is 10.2 Å². The highest BCUT2D eigenvalue weighted by Gasteiger charge is 2.23. The first-order valence-corrected chi connectivity index (χ1v) is 11.2. The zero-order valence-corrected chi connectivity index (χ0v) is 18.8. The van der Waals surface area contributed by atoms with E-state index in [1.165, 1.54) is 28.6 Å². The van der Waals surface area contributed by atoms with Crippen molar-refractivity contribution in [2.24, 2.45) is 0 Å². The molecule has 8 heteroatoms. The topological polar surface area (TPSA) is 71.7 Å². The number of carbonyl (C=O) groups is 1. The van der Waals surface area contributed by atoms with E-state index in [-0.39, 0.29) is 11.7 Å². The van der Waals surface area contributed by atoms with Gasteiger partial charge < -0.3 is 19.0 Å². The monoisotopic (exact) mass is 438 g/mol. The summed E-state index contributed by atoms with van der Waals surface area (Å²) in [7, 11) is 1.62. The van der Waals surface area contributed by atoms with Gasteiger partial charge in [-0.2, -0.15) is 0 Å². The first-order valence-electron chi connectivity index (χ1n) is 10.2. The Bertz CT molecular complexity index is 1040. The molecule has 3 aromatic rings. The molecule has 0 bridgehead atoms. The molecular formula is C23H26N4O3S. The van der Waals surface area contributed by atoms with E-state index in [4.69, 9.17) is 9.15 Å². The fourth-order valence-corrected chi connectivity index (χ4v) is 4.27. The largest absolute Gasteiger partial charge is 0.497 e. The first-order chi connectivity index (χ1) is 15.0. The number of hydrogen-bond donors (Lipinski definition) is 0. The molecule has 0 saturated carbocycles. The first kappa shape index (κ1) is 21.2. The summed E-state index contributed by atoms with van der Waals surface area (Å²) < 4.78 is 10.9. The highest BCUT2D eigenvalue weighted by molar-refractivity contribution is 7.99. The van der Waals surface area contributed by atoms with Crippen LogP contribution in [0.15, 0.2) is 52.1 Å². The van der Waals surface area contributed by atoms with E-state index in [0.717, 1.165) is 24.4 Å². The van der Waals surface area contributed by atoms with Crippen molar-refractivity contribution in [1.29, 1.82) is 0 Å². The van der Waals surface area contributed by atoms with E-state index in [9.17, 15) is 4.79 Å². The molecular weight excluding hydrogens is 412 g/mol. The maximum atomic E-state index is 12.7. The Morgan fingerprint density at radius 3 is 2.52 bits per heavy atom. The average Bonchev–Trinajstić information content (AvgIpc) is 3.28. The molecule has 0 aliphatic carbocycles. The van der Waals surface area contributed by atoms with Gasteiger partial charge in [-0.05, 0) is 55.3 Å². The minimum absolute atomic E-state index is 0.0924. The van der Waals surface area contributed by atoms with Gasteiger partial charge in [-0.1, -0.05) is 23.9 Å². The molecule has 0 atom stereocenters. The number of ether oxygens (including phenoxy) is 1. The van der Waals surface area contributed by atoms with E-state index in [0.29, 0.717) is 24.2 Å². The number of rotatable bonds is 6. The summed E-state index contributed by atoms with van der Waals surface area (Å²) in [5, 5.41) is 8.54. The van der Waals surface area contributed by atoms with Gasteiger partial charge >= 0.3 is 0 Å². The van der Waals surface area contributed by atoms with E-state index in [2.05, 4.69) is 47.1 Å². The summed E-state index contributed by atoms with van der Waals surface area (Å²) >= 11 is 1.28. The Morgan fingerprint density at radius 1 is 1.06 bits per heavy atom. The lowest BCUT2D eigenvalue weighted by molar-refractivity contribution is -0.128. The molecule has 7 nitrogen and oxygen atoms in total. The normalized spacial score (nSPS) is 14.0. The number of hydrogen-bond acceptors (Lipinski definition) is 7. The highest BCUT2D eigenvalue weighted by Crippen LogP contribution is 2.26. The minimum atomic E-state index is 0.0924.